The third-order valence-corrected chi connectivity index (χ3v) is 19.5. The maximum atomic E-state index is 12.9. The molecular weight excluding hydrogens is 1400 g/mol. The number of aromatic hydroxyl groups is 1. The molecule has 0 saturated carbocycles. The average Bonchev–Trinajstić information content (AvgIpc) is 1.57. The second kappa shape index (κ2) is 29.9. The van der Waals surface area contributed by atoms with Gasteiger partial charge in [0.05, 0.1) is 67.4 Å². The number of amides is 2. The van der Waals surface area contributed by atoms with E-state index in [1.165, 1.54) is 50.2 Å². The Labute approximate surface area is 549 Å². The molecule has 0 fully saturated rings. The molecule has 0 unspecified atom stereocenters. The van der Waals surface area contributed by atoms with Crippen LogP contribution >= 0.6 is 35.1 Å². The number of aromatic nitrogens is 2. The Bertz CT molecular complexity index is 5080. The van der Waals surface area contributed by atoms with Crippen molar-refractivity contribution in [2.24, 2.45) is 40.9 Å². The van der Waals surface area contributed by atoms with Crippen LogP contribution in [-0.2, 0) is 60.2 Å². The molecule has 33 nitrogen and oxygen atoms in total. The molecule has 0 saturated heterocycles. The number of halogens is 1. The largest absolute Gasteiger partial charge is 0.493 e. The summed E-state index contributed by atoms with van der Waals surface area (Å²) in [5.74, 6) is -4.13. The third kappa shape index (κ3) is 19.3. The van der Waals surface area contributed by atoms with Crippen LogP contribution in [0.15, 0.2) is 121 Å². The van der Waals surface area contributed by atoms with Gasteiger partial charge >= 0.3 is 0 Å². The molecule has 0 bridgehead atoms. The number of anilines is 2. The Morgan fingerprint density at radius 2 is 1.10 bits per heavy atom. The minimum atomic E-state index is -4.94. The molecule has 2 heterocycles. The van der Waals surface area contributed by atoms with E-state index in [1.807, 2.05) is 6.07 Å². The zero-order valence-electron chi connectivity index (χ0n) is 49.2. The number of hydrogen-bond acceptors (Lipinski definition) is 27. The molecule has 0 spiro atoms. The van der Waals surface area contributed by atoms with Gasteiger partial charge in [-0.05, 0) is 117 Å². The van der Waals surface area contributed by atoms with E-state index in [0.717, 1.165) is 66.0 Å². The van der Waals surface area contributed by atoms with Crippen LogP contribution in [0.3, 0.4) is 0 Å². The highest BCUT2D eigenvalue weighted by Crippen LogP contribution is 2.46. The van der Waals surface area contributed by atoms with Gasteiger partial charge in [0.15, 0.2) is 11.3 Å². The summed E-state index contributed by atoms with van der Waals surface area (Å²) in [6, 6.07) is 15.7. The number of nitrogens with zero attached hydrogens (tertiary/aromatic N) is 12. The molecule has 0 radical (unpaired) electrons. The normalized spacial score (nSPS) is 12.6. The van der Waals surface area contributed by atoms with Crippen molar-refractivity contribution in [2.75, 3.05) is 46.0 Å². The average molecular weight is 1450 g/mol. The number of rotatable bonds is 27. The monoisotopic (exact) mass is 1450 g/mol. The van der Waals surface area contributed by atoms with Crippen molar-refractivity contribution in [2.45, 2.75) is 73.5 Å². The van der Waals surface area contributed by atoms with Crippen LogP contribution in [-0.4, -0.2) is 127 Å². The standard InChI is InChI=1S/C53H51ClN14O19S7/c1-27-16-42(64-67-51-29(3)34(26-56)52-59-50-28(2)15-33(93(81,82)83)18-45(50)68(52)53(51)71)46(87-9-6-12-90(72,73)74)21-36(27)60-65-43-19-39(58-31(5)70)41(23-47(43)88-10-7-13-91(75,76)77)63-66-44-20-38(57-30(4)69)40(22-48(44)89-11-8-14-92(78,79)80)62-61-37-24-49(94(84,85)86)35(54)17-32(37)25-55/h15-24,71H,6-14H2,1-5H3,(H,57,69)(H,58,70)(H,72,73,74)(H,75,76,77)(H,78,79,80)(H,81,82,83)(H,84,85,86). The molecule has 7 rings (SSSR count). The van der Waals surface area contributed by atoms with Crippen LogP contribution in [0.5, 0.6) is 11.6 Å². The Morgan fingerprint density at radius 3 is 1.59 bits per heavy atom. The summed E-state index contributed by atoms with van der Waals surface area (Å²) in [6.07, 6.45) is -0.480. The molecule has 2 aromatic heterocycles. The topological polar surface area (TPSA) is 523 Å². The highest BCUT2D eigenvalue weighted by molar-refractivity contribution is 7.99. The highest BCUT2D eigenvalue weighted by atomic mass is 35.5. The van der Waals surface area contributed by atoms with Gasteiger partial charge in [-0.25, -0.2) is 4.98 Å². The molecule has 41 heteroatoms. The van der Waals surface area contributed by atoms with E-state index in [-0.39, 0.29) is 149 Å². The van der Waals surface area contributed by atoms with Gasteiger partial charge in [-0.3, -0.25) is 36.8 Å². The van der Waals surface area contributed by atoms with Gasteiger partial charge in [-0.1, -0.05) is 11.6 Å². The van der Waals surface area contributed by atoms with Crippen molar-refractivity contribution >= 4 is 171 Å². The minimum Gasteiger partial charge on any atom is -0.493 e. The molecule has 496 valence electrons. The van der Waals surface area contributed by atoms with Gasteiger partial charge in [0.1, 0.15) is 62.5 Å². The van der Waals surface area contributed by atoms with E-state index in [1.54, 1.807) is 13.0 Å². The lowest BCUT2D eigenvalue weighted by molar-refractivity contribution is -0.115. The lowest BCUT2D eigenvalue weighted by Gasteiger charge is -2.13. The van der Waals surface area contributed by atoms with Crippen LogP contribution in [0.2, 0.25) is 5.02 Å². The minimum absolute atomic E-state index is 0.000554. The van der Waals surface area contributed by atoms with Crippen LogP contribution < -0.4 is 15.4 Å². The maximum Gasteiger partial charge on any atom is 0.296 e. The van der Waals surface area contributed by atoms with Crippen molar-refractivity contribution in [3.05, 3.63) is 93.5 Å². The Hall–Kier alpha value is -8.49. The summed E-state index contributed by atoms with van der Waals surface area (Å²) in [7, 11) is -23.0. The summed E-state index contributed by atoms with van der Waals surface area (Å²) < 4.78 is 174. The van der Waals surface area contributed by atoms with Gasteiger partial charge in [-0.2, -0.15) is 57.7 Å². The lowest BCUT2D eigenvalue weighted by atomic mass is 10.1. The first-order valence-corrected chi connectivity index (χ1v) is 36.6. The van der Waals surface area contributed by atoms with Crippen LogP contribution in [0.25, 0.3) is 16.7 Å². The molecule has 0 aliphatic heterocycles. The molecule has 0 aliphatic rings. The van der Waals surface area contributed by atoms with Gasteiger partial charge in [0.2, 0.25) is 17.7 Å². The first kappa shape index (κ1) is 72.9. The van der Waals surface area contributed by atoms with E-state index in [9.17, 15) is 90.1 Å². The second-order valence-corrected chi connectivity index (χ2v) is 30.1. The Balaban J connectivity index is 1.36. The molecule has 2 amide bonds. The number of aryl methyl sites for hydroxylation is 2. The summed E-state index contributed by atoms with van der Waals surface area (Å²) in [5, 5.41) is 71.0. The smallest absolute Gasteiger partial charge is 0.296 e. The SMILES string of the molecule is CC(=O)Nc1cc(N=Nc2cc(SCCCS(=O)(=O)O)c(N=Nc3cc(OCCCS(=O)(=O)O)c(N=Nc4c(C)c(C#N)c5nc6c(C)cc(S(=O)(=O)O)cc6n5c4O)cc3C)cc2NC(C)=O)c(SCCCS(=O)(=O)O)cc1N=Nc1cc(S(=O)(=O)O)c(Cl)cc1C#N. The Morgan fingerprint density at radius 1 is 0.596 bits per heavy atom. The molecule has 0 atom stereocenters. The van der Waals surface area contributed by atoms with Gasteiger partial charge in [-0.15, -0.1) is 59.3 Å². The number of ether oxygens (including phenoxy) is 1. The zero-order chi connectivity index (χ0) is 69.4. The predicted octanol–water partition coefficient (Wildman–Crippen LogP) is 12.0. The molecular formula is C53H51ClN14O19S7. The zero-order valence-corrected chi connectivity index (χ0v) is 55.7. The van der Waals surface area contributed by atoms with E-state index in [2.05, 4.69) is 56.5 Å². The van der Waals surface area contributed by atoms with Gasteiger partial charge < -0.3 is 20.5 Å². The molecule has 94 heavy (non-hydrogen) atoms. The van der Waals surface area contributed by atoms with E-state index < -0.39 is 100 Å². The van der Waals surface area contributed by atoms with Crippen LogP contribution in [0.4, 0.5) is 56.9 Å². The third-order valence-electron chi connectivity index (χ3n) is 12.7. The number of benzene rings is 5. The van der Waals surface area contributed by atoms with E-state index in [4.69, 9.17) is 16.3 Å². The van der Waals surface area contributed by atoms with Crippen molar-refractivity contribution in [1.29, 1.82) is 10.5 Å². The number of imidazole rings is 1. The fourth-order valence-corrected chi connectivity index (χ4v) is 13.9. The van der Waals surface area contributed by atoms with E-state index in [0.29, 0.717) is 5.56 Å². The summed E-state index contributed by atoms with van der Waals surface area (Å²) in [4.78, 5) is 29.0. The number of fused-ring (bicyclic) bond motifs is 3. The van der Waals surface area contributed by atoms with Crippen molar-refractivity contribution in [3.63, 3.8) is 0 Å². The first-order valence-electron chi connectivity index (χ1n) is 26.6. The van der Waals surface area contributed by atoms with Crippen molar-refractivity contribution < 1.29 is 84.3 Å². The van der Waals surface area contributed by atoms with Crippen molar-refractivity contribution in [1.82, 2.24) is 9.38 Å². The number of azo groups is 4. The fourth-order valence-electron chi connectivity index (χ4n) is 8.48. The van der Waals surface area contributed by atoms with Crippen molar-refractivity contribution in [3.8, 4) is 23.8 Å². The molecule has 5 aromatic carbocycles. The number of nitrogens with one attached hydrogen (secondary N) is 2. The highest BCUT2D eigenvalue weighted by Gasteiger charge is 2.25. The number of hydrogen-bond donors (Lipinski definition) is 8. The van der Waals surface area contributed by atoms with Gasteiger partial charge in [0.25, 0.3) is 50.6 Å². The quantitative estimate of drug-likeness (QED) is 0.0103. The fraction of sp³-hybridized carbons (Fsp3) is 0.264. The van der Waals surface area contributed by atoms with Crippen LogP contribution in [0, 0.1) is 43.4 Å². The summed E-state index contributed by atoms with van der Waals surface area (Å²) in [5.41, 5.74) is -0.839. The number of pyridine rings is 1. The molecule has 0 aliphatic carbocycles. The number of carbonyl (C=O) groups is 2. The lowest BCUT2D eigenvalue weighted by Crippen LogP contribution is -2.08. The Kier molecular flexibility index (Phi) is 23.2. The number of carbonyl (C=O) groups excluding carboxylic acids is 2. The molecule has 7 aromatic rings. The number of thioether (sulfide) groups is 2. The van der Waals surface area contributed by atoms with Crippen LogP contribution in [0.1, 0.15) is 60.9 Å². The second-order valence-electron chi connectivity index (χ2n) is 19.9. The predicted molar refractivity (Wildman–Crippen MR) is 344 cm³/mol. The van der Waals surface area contributed by atoms with Gasteiger partial charge in [0, 0.05) is 35.3 Å². The summed E-state index contributed by atoms with van der Waals surface area (Å²) >= 11 is 7.96. The first-order chi connectivity index (χ1) is 43.8. The maximum absolute atomic E-state index is 12.9. The van der Waals surface area contributed by atoms with E-state index >= 15 is 0 Å². The molecule has 8 N–H and O–H groups in total. The number of nitriles is 2. The summed E-state index contributed by atoms with van der Waals surface area (Å²) in [6.45, 7) is 6.43.